The maximum absolute atomic E-state index is 9.73. The molecule has 1 heterocycles. The van der Waals surface area contributed by atoms with Crippen molar-refractivity contribution < 1.29 is 19.7 Å². The minimum Gasteiger partial charge on any atom is -0.493 e. The average molecular weight is 519 g/mol. The number of likely N-dealkylation sites (tertiary alicyclic amines) is 1. The van der Waals surface area contributed by atoms with Crippen LogP contribution in [-0.4, -0.2) is 67.2 Å². The van der Waals surface area contributed by atoms with E-state index in [9.17, 15) is 10.2 Å². The zero-order chi connectivity index (χ0) is 26.7. The largest absolute Gasteiger partial charge is 0.493 e. The standard InChI is InChI=1S/C32H42N2O4/c1-24-28(29-13-7-15-32(25(29)2)38-21-9-18-34-19-16-27(36)22-34)12-6-14-31(24)37-20-8-17-33-30(23-35)26-10-4-3-5-11-26/h3-7,10-15,27,30,33,35-36H,8-9,16-23H2,1-2H3/t27-,30?/m1/s1. The van der Waals surface area contributed by atoms with E-state index in [1.54, 1.807) is 0 Å². The van der Waals surface area contributed by atoms with Crippen LogP contribution in [0.15, 0.2) is 66.7 Å². The molecule has 0 saturated carbocycles. The fraction of sp³-hybridized carbons (Fsp3) is 0.438. The molecule has 1 unspecified atom stereocenters. The first-order valence-electron chi connectivity index (χ1n) is 13.8. The molecule has 1 saturated heterocycles. The Labute approximate surface area is 227 Å². The summed E-state index contributed by atoms with van der Waals surface area (Å²) in [6.07, 6.45) is 2.48. The Morgan fingerprint density at radius 3 is 2.08 bits per heavy atom. The normalized spacial score (nSPS) is 16.5. The highest BCUT2D eigenvalue weighted by atomic mass is 16.5. The second-order valence-electron chi connectivity index (χ2n) is 10.1. The molecule has 1 fully saturated rings. The number of hydrogen-bond donors (Lipinski definition) is 3. The van der Waals surface area contributed by atoms with Gasteiger partial charge in [-0.1, -0.05) is 54.6 Å². The van der Waals surface area contributed by atoms with E-state index in [0.29, 0.717) is 13.2 Å². The van der Waals surface area contributed by atoms with Crippen molar-refractivity contribution in [1.82, 2.24) is 10.2 Å². The zero-order valence-corrected chi connectivity index (χ0v) is 22.7. The van der Waals surface area contributed by atoms with Crippen molar-refractivity contribution in [3.63, 3.8) is 0 Å². The molecule has 0 amide bonds. The fourth-order valence-electron chi connectivity index (χ4n) is 5.11. The van der Waals surface area contributed by atoms with Crippen LogP contribution in [0.3, 0.4) is 0 Å². The van der Waals surface area contributed by atoms with Gasteiger partial charge in [-0.15, -0.1) is 0 Å². The summed E-state index contributed by atoms with van der Waals surface area (Å²) in [7, 11) is 0. The molecule has 3 aromatic rings. The van der Waals surface area contributed by atoms with E-state index in [2.05, 4.69) is 42.3 Å². The van der Waals surface area contributed by atoms with Crippen molar-refractivity contribution in [2.24, 2.45) is 0 Å². The first-order chi connectivity index (χ1) is 18.6. The third-order valence-corrected chi connectivity index (χ3v) is 7.34. The molecule has 0 bridgehead atoms. The monoisotopic (exact) mass is 518 g/mol. The first kappa shape index (κ1) is 28.1. The third kappa shape index (κ3) is 7.58. The van der Waals surface area contributed by atoms with E-state index in [1.807, 2.05) is 48.5 Å². The molecule has 38 heavy (non-hydrogen) atoms. The Balaban J connectivity index is 1.29. The fourth-order valence-corrected chi connectivity index (χ4v) is 5.11. The van der Waals surface area contributed by atoms with Crippen LogP contribution in [-0.2, 0) is 0 Å². The van der Waals surface area contributed by atoms with E-state index in [1.165, 1.54) is 0 Å². The molecule has 0 spiro atoms. The second kappa shape index (κ2) is 14.3. The minimum atomic E-state index is -0.173. The molecule has 0 radical (unpaired) electrons. The number of aliphatic hydroxyl groups is 2. The average Bonchev–Trinajstić information content (AvgIpc) is 3.36. The van der Waals surface area contributed by atoms with Crippen LogP contribution in [0.1, 0.15) is 42.0 Å². The van der Waals surface area contributed by atoms with Crippen LogP contribution in [0.2, 0.25) is 0 Å². The third-order valence-electron chi connectivity index (χ3n) is 7.34. The van der Waals surface area contributed by atoms with Crippen molar-refractivity contribution in [2.45, 2.75) is 45.3 Å². The predicted molar refractivity (Wildman–Crippen MR) is 153 cm³/mol. The van der Waals surface area contributed by atoms with E-state index < -0.39 is 0 Å². The van der Waals surface area contributed by atoms with Gasteiger partial charge < -0.3 is 29.9 Å². The zero-order valence-electron chi connectivity index (χ0n) is 22.7. The number of nitrogens with zero attached hydrogens (tertiary/aromatic N) is 1. The van der Waals surface area contributed by atoms with Crippen LogP contribution in [0.5, 0.6) is 11.5 Å². The Hall–Kier alpha value is -2.90. The maximum atomic E-state index is 9.73. The topological polar surface area (TPSA) is 74.2 Å². The number of hydrogen-bond acceptors (Lipinski definition) is 6. The van der Waals surface area contributed by atoms with Gasteiger partial charge in [-0.3, -0.25) is 0 Å². The summed E-state index contributed by atoms with van der Waals surface area (Å²) in [6.45, 7) is 9.01. The van der Waals surface area contributed by atoms with Crippen molar-refractivity contribution in [2.75, 3.05) is 46.0 Å². The van der Waals surface area contributed by atoms with Gasteiger partial charge >= 0.3 is 0 Å². The van der Waals surface area contributed by atoms with Gasteiger partial charge in [-0.05, 0) is 79.6 Å². The quantitative estimate of drug-likeness (QED) is 0.264. The van der Waals surface area contributed by atoms with Gasteiger partial charge in [-0.25, -0.2) is 0 Å². The summed E-state index contributed by atoms with van der Waals surface area (Å²) in [4.78, 5) is 2.30. The summed E-state index contributed by atoms with van der Waals surface area (Å²) in [5, 5.41) is 22.8. The lowest BCUT2D eigenvalue weighted by molar-refractivity contribution is 0.173. The summed E-state index contributed by atoms with van der Waals surface area (Å²) >= 11 is 0. The lowest BCUT2D eigenvalue weighted by Gasteiger charge is -2.18. The Bertz CT molecular complexity index is 1140. The molecule has 2 atom stereocenters. The summed E-state index contributed by atoms with van der Waals surface area (Å²) in [6, 6.07) is 22.4. The van der Waals surface area contributed by atoms with Crippen LogP contribution in [0.4, 0.5) is 0 Å². The molecule has 3 aromatic carbocycles. The van der Waals surface area contributed by atoms with E-state index in [-0.39, 0.29) is 18.8 Å². The minimum absolute atomic E-state index is 0.0631. The number of nitrogens with one attached hydrogen (secondary N) is 1. The molecule has 3 N–H and O–H groups in total. The molecule has 4 rings (SSSR count). The number of rotatable bonds is 14. The molecule has 6 nitrogen and oxygen atoms in total. The summed E-state index contributed by atoms with van der Waals surface area (Å²) in [5.74, 6) is 1.81. The molecular weight excluding hydrogens is 476 g/mol. The molecule has 1 aliphatic heterocycles. The summed E-state index contributed by atoms with van der Waals surface area (Å²) in [5.41, 5.74) is 5.64. The smallest absolute Gasteiger partial charge is 0.122 e. The van der Waals surface area contributed by atoms with Gasteiger partial charge in [0.2, 0.25) is 0 Å². The van der Waals surface area contributed by atoms with Crippen LogP contribution in [0.25, 0.3) is 11.1 Å². The van der Waals surface area contributed by atoms with Crippen LogP contribution < -0.4 is 14.8 Å². The number of β-amino-alcohol motifs (C(OH)–C–C–N with tert-alkyl or cyclic N) is 1. The maximum Gasteiger partial charge on any atom is 0.122 e. The summed E-state index contributed by atoms with van der Waals surface area (Å²) < 4.78 is 12.3. The highest BCUT2D eigenvalue weighted by molar-refractivity contribution is 5.74. The van der Waals surface area contributed by atoms with Gasteiger partial charge in [0.25, 0.3) is 0 Å². The van der Waals surface area contributed by atoms with E-state index >= 15 is 0 Å². The SMILES string of the molecule is Cc1c(OCCCNC(CO)c2ccccc2)cccc1-c1cccc(OCCCN2CC[C@@H](O)C2)c1C. The molecule has 0 aromatic heterocycles. The first-order valence-corrected chi connectivity index (χ1v) is 13.8. The molecule has 204 valence electrons. The molecular formula is C32H42N2O4. The van der Waals surface area contributed by atoms with Gasteiger partial charge in [0.05, 0.1) is 32.0 Å². The van der Waals surface area contributed by atoms with Crippen molar-refractivity contribution in [3.05, 3.63) is 83.4 Å². The van der Waals surface area contributed by atoms with E-state index in [0.717, 1.165) is 84.8 Å². The Kier molecular flexibility index (Phi) is 10.6. The number of ether oxygens (including phenoxy) is 2. The Morgan fingerprint density at radius 2 is 1.50 bits per heavy atom. The van der Waals surface area contributed by atoms with Crippen molar-refractivity contribution in [3.8, 4) is 22.6 Å². The molecule has 1 aliphatic rings. The second-order valence-corrected chi connectivity index (χ2v) is 10.1. The van der Waals surface area contributed by atoms with Crippen molar-refractivity contribution >= 4 is 0 Å². The number of benzene rings is 3. The highest BCUT2D eigenvalue weighted by Crippen LogP contribution is 2.35. The Morgan fingerprint density at radius 1 is 0.868 bits per heavy atom. The van der Waals surface area contributed by atoms with Crippen LogP contribution in [0, 0.1) is 13.8 Å². The van der Waals surface area contributed by atoms with Crippen molar-refractivity contribution in [1.29, 1.82) is 0 Å². The van der Waals surface area contributed by atoms with Gasteiger partial charge in [-0.2, -0.15) is 0 Å². The lowest BCUT2D eigenvalue weighted by atomic mass is 9.95. The predicted octanol–water partition coefficient (Wildman–Crippen LogP) is 4.90. The van der Waals surface area contributed by atoms with Gasteiger partial charge in [0.15, 0.2) is 0 Å². The van der Waals surface area contributed by atoms with Gasteiger partial charge in [0.1, 0.15) is 11.5 Å². The number of aliphatic hydroxyl groups excluding tert-OH is 2. The van der Waals surface area contributed by atoms with Crippen LogP contribution >= 0.6 is 0 Å². The lowest BCUT2D eigenvalue weighted by Crippen LogP contribution is -2.26. The van der Waals surface area contributed by atoms with E-state index in [4.69, 9.17) is 9.47 Å². The molecule has 0 aliphatic carbocycles. The van der Waals surface area contributed by atoms with Gasteiger partial charge in [0, 0.05) is 19.6 Å². The highest BCUT2D eigenvalue weighted by Gasteiger charge is 2.19. The molecule has 6 heteroatoms.